The Labute approximate surface area is 113 Å². The van der Waals surface area contributed by atoms with E-state index in [0.717, 1.165) is 29.4 Å². The van der Waals surface area contributed by atoms with Crippen molar-refractivity contribution in [1.82, 2.24) is 5.32 Å². The second kappa shape index (κ2) is 6.55. The Kier molecular flexibility index (Phi) is 5.05. The quantitative estimate of drug-likeness (QED) is 0.879. The summed E-state index contributed by atoms with van der Waals surface area (Å²) >= 11 is 3.47. The van der Waals surface area contributed by atoms with Crippen LogP contribution in [-0.4, -0.2) is 12.6 Å². The molecule has 1 aliphatic rings. The van der Waals surface area contributed by atoms with Gasteiger partial charge in [-0.2, -0.15) is 0 Å². The average molecular weight is 296 g/mol. The fourth-order valence-corrected chi connectivity index (χ4v) is 2.94. The Morgan fingerprint density at radius 3 is 2.59 bits per heavy atom. The van der Waals surface area contributed by atoms with E-state index in [1.54, 1.807) is 0 Å². The van der Waals surface area contributed by atoms with Gasteiger partial charge in [0.25, 0.3) is 0 Å². The summed E-state index contributed by atoms with van der Waals surface area (Å²) in [5.74, 6) is 0.855. The van der Waals surface area contributed by atoms with E-state index in [1.807, 2.05) is 0 Å². The maximum Gasteiger partial charge on any atom is 0.0175 e. The zero-order valence-electron chi connectivity index (χ0n) is 10.6. The van der Waals surface area contributed by atoms with E-state index in [9.17, 15) is 0 Å². The monoisotopic (exact) mass is 295 g/mol. The summed E-state index contributed by atoms with van der Waals surface area (Å²) in [6.07, 6.45) is 6.72. The number of rotatable bonds is 4. The van der Waals surface area contributed by atoms with Crippen molar-refractivity contribution in [3.05, 3.63) is 34.3 Å². The smallest absolute Gasteiger partial charge is 0.0175 e. The molecule has 17 heavy (non-hydrogen) atoms. The zero-order chi connectivity index (χ0) is 12.1. The molecular formula is C15H22BrN. The highest BCUT2D eigenvalue weighted by molar-refractivity contribution is 9.10. The highest BCUT2D eigenvalue weighted by Gasteiger charge is 2.19. The number of hydrogen-bond donors (Lipinski definition) is 1. The third kappa shape index (κ3) is 4.11. The van der Waals surface area contributed by atoms with Gasteiger partial charge in [-0.3, -0.25) is 0 Å². The van der Waals surface area contributed by atoms with E-state index in [-0.39, 0.29) is 0 Å². The lowest BCUT2D eigenvalue weighted by atomic mass is 9.86. The summed E-state index contributed by atoms with van der Waals surface area (Å²) in [6, 6.07) is 9.41. The molecule has 0 spiro atoms. The molecular weight excluding hydrogens is 274 g/mol. The Bertz CT molecular complexity index is 333. The van der Waals surface area contributed by atoms with Crippen LogP contribution in [0.5, 0.6) is 0 Å². The summed E-state index contributed by atoms with van der Waals surface area (Å²) < 4.78 is 1.16. The van der Waals surface area contributed by atoms with Crippen LogP contribution in [0.2, 0.25) is 0 Å². The van der Waals surface area contributed by atoms with Crippen LogP contribution in [-0.2, 0) is 6.42 Å². The van der Waals surface area contributed by atoms with Gasteiger partial charge in [0.1, 0.15) is 0 Å². The van der Waals surface area contributed by atoms with Crippen molar-refractivity contribution >= 4 is 15.9 Å². The van der Waals surface area contributed by atoms with E-state index in [4.69, 9.17) is 0 Å². The van der Waals surface area contributed by atoms with Gasteiger partial charge in [0.15, 0.2) is 0 Å². The van der Waals surface area contributed by atoms with Crippen molar-refractivity contribution in [3.63, 3.8) is 0 Å². The van der Waals surface area contributed by atoms with Gasteiger partial charge in [0, 0.05) is 10.5 Å². The molecule has 2 heteroatoms. The van der Waals surface area contributed by atoms with Gasteiger partial charge < -0.3 is 5.32 Å². The molecule has 2 atom stereocenters. The Balaban J connectivity index is 1.73. The summed E-state index contributed by atoms with van der Waals surface area (Å²) in [7, 11) is 0. The highest BCUT2D eigenvalue weighted by atomic mass is 79.9. The lowest BCUT2D eigenvalue weighted by molar-refractivity contribution is 0.282. The summed E-state index contributed by atoms with van der Waals surface area (Å²) in [4.78, 5) is 0. The van der Waals surface area contributed by atoms with E-state index in [2.05, 4.69) is 52.4 Å². The van der Waals surface area contributed by atoms with Crippen molar-refractivity contribution in [2.45, 2.75) is 45.1 Å². The van der Waals surface area contributed by atoms with Gasteiger partial charge in [-0.1, -0.05) is 47.8 Å². The van der Waals surface area contributed by atoms with Crippen LogP contribution in [0, 0.1) is 5.92 Å². The first-order valence-electron chi connectivity index (χ1n) is 6.73. The van der Waals surface area contributed by atoms with Crippen LogP contribution in [0.3, 0.4) is 0 Å². The lowest BCUT2D eigenvalue weighted by Crippen LogP contribution is -2.38. The van der Waals surface area contributed by atoms with Gasteiger partial charge in [0.2, 0.25) is 0 Å². The summed E-state index contributed by atoms with van der Waals surface area (Å²) in [6.45, 7) is 3.49. The maximum atomic E-state index is 3.72. The molecule has 94 valence electrons. The van der Waals surface area contributed by atoms with Crippen molar-refractivity contribution in [1.29, 1.82) is 0 Å². The second-order valence-electron chi connectivity index (χ2n) is 5.20. The fourth-order valence-electron chi connectivity index (χ4n) is 2.67. The van der Waals surface area contributed by atoms with E-state index in [1.165, 1.54) is 31.2 Å². The largest absolute Gasteiger partial charge is 0.313 e. The first kappa shape index (κ1) is 13.1. The van der Waals surface area contributed by atoms with E-state index < -0.39 is 0 Å². The second-order valence-corrected chi connectivity index (χ2v) is 6.11. The first-order chi connectivity index (χ1) is 8.25. The van der Waals surface area contributed by atoms with Crippen molar-refractivity contribution in [2.24, 2.45) is 5.92 Å². The number of hydrogen-bond acceptors (Lipinski definition) is 1. The van der Waals surface area contributed by atoms with Crippen LogP contribution in [0.1, 0.15) is 38.2 Å². The van der Waals surface area contributed by atoms with Crippen molar-refractivity contribution in [2.75, 3.05) is 6.54 Å². The minimum Gasteiger partial charge on any atom is -0.313 e. The van der Waals surface area contributed by atoms with Crippen molar-refractivity contribution < 1.29 is 0 Å². The number of nitrogens with one attached hydrogen (secondary N) is 1. The molecule has 1 aromatic rings. The summed E-state index contributed by atoms with van der Waals surface area (Å²) in [5, 5.41) is 3.72. The molecule has 1 nitrogen and oxygen atoms in total. The predicted octanol–water partition coefficient (Wildman–Crippen LogP) is 4.16. The fraction of sp³-hybridized carbons (Fsp3) is 0.600. The van der Waals surface area contributed by atoms with E-state index >= 15 is 0 Å². The third-order valence-corrected chi connectivity index (χ3v) is 4.37. The van der Waals surface area contributed by atoms with Gasteiger partial charge in [0.05, 0.1) is 0 Å². The zero-order valence-corrected chi connectivity index (χ0v) is 12.2. The topological polar surface area (TPSA) is 12.0 Å². The van der Waals surface area contributed by atoms with E-state index in [0.29, 0.717) is 0 Å². The molecule has 0 bridgehead atoms. The SMILES string of the molecule is CC1CCCCC1NCCc1ccc(Br)cc1. The van der Waals surface area contributed by atoms with Gasteiger partial charge in [-0.15, -0.1) is 0 Å². The van der Waals surface area contributed by atoms with Gasteiger partial charge in [-0.05, 0) is 49.4 Å². The van der Waals surface area contributed by atoms with Crippen LogP contribution in [0.25, 0.3) is 0 Å². The number of halogens is 1. The first-order valence-corrected chi connectivity index (χ1v) is 7.53. The van der Waals surface area contributed by atoms with Gasteiger partial charge in [-0.25, -0.2) is 0 Å². The van der Waals surface area contributed by atoms with Crippen LogP contribution in [0.4, 0.5) is 0 Å². The molecule has 0 amide bonds. The lowest BCUT2D eigenvalue weighted by Gasteiger charge is -2.29. The highest BCUT2D eigenvalue weighted by Crippen LogP contribution is 2.23. The number of benzene rings is 1. The molecule has 0 radical (unpaired) electrons. The molecule has 1 fully saturated rings. The Hall–Kier alpha value is -0.340. The molecule has 0 aromatic heterocycles. The Morgan fingerprint density at radius 1 is 1.18 bits per heavy atom. The minimum atomic E-state index is 0.749. The Morgan fingerprint density at radius 2 is 1.88 bits per heavy atom. The molecule has 1 saturated carbocycles. The normalized spacial score (nSPS) is 24.8. The van der Waals surface area contributed by atoms with Crippen LogP contribution in [0.15, 0.2) is 28.7 Å². The average Bonchev–Trinajstić information content (AvgIpc) is 2.34. The van der Waals surface area contributed by atoms with Crippen LogP contribution >= 0.6 is 15.9 Å². The van der Waals surface area contributed by atoms with Gasteiger partial charge >= 0.3 is 0 Å². The van der Waals surface area contributed by atoms with Crippen LogP contribution < -0.4 is 5.32 Å². The molecule has 2 rings (SSSR count). The van der Waals surface area contributed by atoms with Crippen molar-refractivity contribution in [3.8, 4) is 0 Å². The minimum absolute atomic E-state index is 0.749. The molecule has 1 aromatic carbocycles. The molecule has 1 N–H and O–H groups in total. The molecule has 0 saturated heterocycles. The molecule has 0 aliphatic heterocycles. The molecule has 2 unspecified atom stereocenters. The predicted molar refractivity (Wildman–Crippen MR) is 77.3 cm³/mol. The maximum absolute atomic E-state index is 3.72. The molecule has 1 aliphatic carbocycles. The summed E-state index contributed by atoms with van der Waals surface area (Å²) in [5.41, 5.74) is 1.42. The molecule has 0 heterocycles. The standard InChI is InChI=1S/C15H22BrN/c1-12-4-2-3-5-15(12)17-11-10-13-6-8-14(16)9-7-13/h6-9,12,15,17H,2-5,10-11H2,1H3. The third-order valence-electron chi connectivity index (χ3n) is 3.84.